The van der Waals surface area contributed by atoms with E-state index in [0.717, 1.165) is 6.42 Å². The number of hydrogen-bond donors (Lipinski definition) is 2. The first-order valence-corrected chi connectivity index (χ1v) is 5.84. The smallest absolute Gasteiger partial charge is 0.324 e. The summed E-state index contributed by atoms with van der Waals surface area (Å²) in [5.74, 6) is -3.16. The summed E-state index contributed by atoms with van der Waals surface area (Å²) in [6.07, 6.45) is -2.84. The van der Waals surface area contributed by atoms with Gasteiger partial charge in [-0.2, -0.15) is 8.78 Å². The summed E-state index contributed by atoms with van der Waals surface area (Å²) in [7, 11) is 0. The van der Waals surface area contributed by atoms with E-state index in [9.17, 15) is 17.6 Å². The van der Waals surface area contributed by atoms with Crippen molar-refractivity contribution in [3.05, 3.63) is 11.9 Å². The minimum atomic E-state index is -4.09. The third-order valence-corrected chi connectivity index (χ3v) is 2.22. The van der Waals surface area contributed by atoms with Crippen LogP contribution in [0.2, 0.25) is 0 Å². The highest BCUT2D eigenvalue weighted by molar-refractivity contribution is 5.47. The van der Waals surface area contributed by atoms with Crippen molar-refractivity contribution in [1.82, 2.24) is 9.97 Å². The number of anilines is 2. The Bertz CT molecular complexity index is 412. The molecule has 0 saturated carbocycles. The average Bonchev–Trinajstić information content (AvgIpc) is 2.33. The summed E-state index contributed by atoms with van der Waals surface area (Å²) in [5, 5.41) is 5.17. The second-order valence-corrected chi connectivity index (χ2v) is 4.03. The van der Waals surface area contributed by atoms with Gasteiger partial charge in [0.05, 0.1) is 6.54 Å². The van der Waals surface area contributed by atoms with Gasteiger partial charge in [0.2, 0.25) is 0 Å². The van der Waals surface area contributed by atoms with E-state index in [4.69, 9.17) is 0 Å². The molecule has 0 aliphatic carbocycles. The van der Waals surface area contributed by atoms with Crippen molar-refractivity contribution < 1.29 is 17.6 Å². The molecule has 108 valence electrons. The molecule has 1 heterocycles. The molecule has 0 radical (unpaired) electrons. The lowest BCUT2D eigenvalue weighted by atomic mass is 10.3. The molecular formula is C11H16F4N4. The number of halogens is 4. The van der Waals surface area contributed by atoms with E-state index in [1.54, 1.807) is 6.92 Å². The zero-order chi connectivity index (χ0) is 14.5. The molecule has 1 aromatic heterocycles. The highest BCUT2D eigenvalue weighted by atomic mass is 19.3. The highest BCUT2D eigenvalue weighted by Crippen LogP contribution is 2.23. The number of rotatable bonds is 7. The van der Waals surface area contributed by atoms with Crippen LogP contribution in [0.15, 0.2) is 6.07 Å². The lowest BCUT2D eigenvalue weighted by Gasteiger charge is -2.16. The monoisotopic (exact) mass is 280 g/mol. The maximum atomic E-state index is 12.8. The van der Waals surface area contributed by atoms with Crippen LogP contribution in [-0.4, -0.2) is 35.4 Å². The molecule has 0 amide bonds. The third kappa shape index (κ3) is 4.88. The number of nitrogens with zero attached hydrogens (tertiary/aromatic N) is 2. The lowest BCUT2D eigenvalue weighted by molar-refractivity contribution is -0.117. The van der Waals surface area contributed by atoms with Crippen molar-refractivity contribution in [2.24, 2.45) is 0 Å². The summed E-state index contributed by atoms with van der Waals surface area (Å²) in [5.41, 5.74) is 0. The predicted octanol–water partition coefficient (Wildman–Crippen LogP) is 2.92. The summed E-state index contributed by atoms with van der Waals surface area (Å²) in [6.45, 7) is 3.05. The Morgan fingerprint density at radius 3 is 2.32 bits per heavy atom. The predicted molar refractivity (Wildman–Crippen MR) is 65.0 cm³/mol. The largest absolute Gasteiger partial charge is 0.370 e. The number of nitrogens with one attached hydrogen (secondary N) is 2. The van der Waals surface area contributed by atoms with Gasteiger partial charge < -0.3 is 10.6 Å². The van der Waals surface area contributed by atoms with E-state index in [0.29, 0.717) is 18.2 Å². The first-order valence-electron chi connectivity index (χ1n) is 5.84. The molecule has 0 spiro atoms. The average molecular weight is 280 g/mol. The van der Waals surface area contributed by atoms with Gasteiger partial charge >= 0.3 is 12.3 Å². The fourth-order valence-corrected chi connectivity index (χ4v) is 1.29. The molecule has 0 aromatic carbocycles. The Labute approximate surface area is 108 Å². The van der Waals surface area contributed by atoms with Crippen LogP contribution in [0.3, 0.4) is 0 Å². The zero-order valence-corrected chi connectivity index (χ0v) is 10.7. The molecule has 19 heavy (non-hydrogen) atoms. The van der Waals surface area contributed by atoms with Crippen molar-refractivity contribution in [3.8, 4) is 0 Å². The second-order valence-electron chi connectivity index (χ2n) is 4.03. The maximum absolute atomic E-state index is 12.8. The number of hydrogen-bond acceptors (Lipinski definition) is 4. The van der Waals surface area contributed by atoms with Crippen molar-refractivity contribution >= 4 is 11.6 Å². The standard InChI is InChI=1S/C11H16F4N4/c1-3-4-16-8-5-9(19-7(2)18-8)17-6-11(14,15)10(12)13/h5,10H,3-4,6H2,1-2H3,(H2,16,17,18,19). The van der Waals surface area contributed by atoms with Crippen molar-refractivity contribution in [3.63, 3.8) is 0 Å². The van der Waals surface area contributed by atoms with Crippen LogP contribution in [0.25, 0.3) is 0 Å². The number of aryl methyl sites for hydroxylation is 1. The number of aromatic nitrogens is 2. The molecule has 8 heteroatoms. The van der Waals surface area contributed by atoms with Crippen LogP contribution >= 0.6 is 0 Å². The van der Waals surface area contributed by atoms with Gasteiger partial charge in [0.25, 0.3) is 0 Å². The summed E-state index contributed by atoms with van der Waals surface area (Å²) in [6, 6.07) is 1.41. The van der Waals surface area contributed by atoms with Gasteiger partial charge in [-0.05, 0) is 13.3 Å². The maximum Gasteiger partial charge on any atom is 0.324 e. The Balaban J connectivity index is 2.70. The summed E-state index contributed by atoms with van der Waals surface area (Å²) in [4.78, 5) is 7.92. The van der Waals surface area contributed by atoms with Crippen LogP contribution in [0, 0.1) is 6.92 Å². The Morgan fingerprint density at radius 1 is 1.21 bits per heavy atom. The topological polar surface area (TPSA) is 49.8 Å². The van der Waals surface area contributed by atoms with E-state index in [2.05, 4.69) is 20.6 Å². The van der Waals surface area contributed by atoms with Crippen LogP contribution in [0.1, 0.15) is 19.2 Å². The van der Waals surface area contributed by atoms with E-state index < -0.39 is 18.9 Å². The van der Waals surface area contributed by atoms with E-state index in [1.165, 1.54) is 6.07 Å². The van der Waals surface area contributed by atoms with Gasteiger partial charge in [-0.3, -0.25) is 0 Å². The van der Waals surface area contributed by atoms with Gasteiger partial charge in [-0.15, -0.1) is 0 Å². The molecule has 4 nitrogen and oxygen atoms in total. The normalized spacial score (nSPS) is 11.7. The minimum absolute atomic E-state index is 0.0893. The van der Waals surface area contributed by atoms with Gasteiger partial charge in [-0.1, -0.05) is 6.92 Å². The Hall–Kier alpha value is -1.60. The molecule has 2 N–H and O–H groups in total. The molecular weight excluding hydrogens is 264 g/mol. The van der Waals surface area contributed by atoms with Crippen molar-refractivity contribution in [2.45, 2.75) is 32.6 Å². The molecule has 0 atom stereocenters. The van der Waals surface area contributed by atoms with Gasteiger partial charge in [-0.25, -0.2) is 18.7 Å². The number of alkyl halides is 4. The van der Waals surface area contributed by atoms with Gasteiger partial charge in [0.1, 0.15) is 17.5 Å². The molecule has 0 saturated heterocycles. The Kier molecular flexibility index (Phi) is 5.31. The van der Waals surface area contributed by atoms with Gasteiger partial charge in [0.15, 0.2) is 0 Å². The molecule has 0 bridgehead atoms. The van der Waals surface area contributed by atoms with Crippen molar-refractivity contribution in [2.75, 3.05) is 23.7 Å². The van der Waals surface area contributed by atoms with Crippen LogP contribution in [0.4, 0.5) is 29.2 Å². The van der Waals surface area contributed by atoms with E-state index in [-0.39, 0.29) is 5.82 Å². The molecule has 0 aliphatic heterocycles. The van der Waals surface area contributed by atoms with E-state index in [1.807, 2.05) is 6.92 Å². The lowest BCUT2D eigenvalue weighted by Crippen LogP contribution is -2.35. The molecule has 0 unspecified atom stereocenters. The quantitative estimate of drug-likeness (QED) is 0.754. The summed E-state index contributed by atoms with van der Waals surface area (Å²) >= 11 is 0. The van der Waals surface area contributed by atoms with Crippen molar-refractivity contribution in [1.29, 1.82) is 0 Å². The third-order valence-electron chi connectivity index (χ3n) is 2.22. The second kappa shape index (κ2) is 6.53. The first-order chi connectivity index (χ1) is 8.85. The fourth-order valence-electron chi connectivity index (χ4n) is 1.29. The first kappa shape index (κ1) is 15.5. The fraction of sp³-hybridized carbons (Fsp3) is 0.636. The molecule has 1 rings (SSSR count). The van der Waals surface area contributed by atoms with Crippen LogP contribution in [-0.2, 0) is 0 Å². The SMILES string of the molecule is CCCNc1cc(NCC(F)(F)C(F)F)nc(C)n1. The highest BCUT2D eigenvalue weighted by Gasteiger charge is 2.40. The minimum Gasteiger partial charge on any atom is -0.370 e. The molecule has 1 aromatic rings. The van der Waals surface area contributed by atoms with E-state index >= 15 is 0 Å². The molecule has 0 fully saturated rings. The Morgan fingerprint density at radius 2 is 1.79 bits per heavy atom. The zero-order valence-electron chi connectivity index (χ0n) is 10.7. The van der Waals surface area contributed by atoms with Crippen LogP contribution in [0.5, 0.6) is 0 Å². The van der Waals surface area contributed by atoms with Crippen LogP contribution < -0.4 is 10.6 Å². The van der Waals surface area contributed by atoms with Gasteiger partial charge in [0, 0.05) is 12.6 Å². The molecule has 0 aliphatic rings. The summed E-state index contributed by atoms with van der Waals surface area (Å²) < 4.78 is 49.5.